The topological polar surface area (TPSA) is 64.6 Å². The summed E-state index contributed by atoms with van der Waals surface area (Å²) in [6.45, 7) is 2.67. The average Bonchev–Trinajstić information content (AvgIpc) is 2.15. The lowest BCUT2D eigenvalue weighted by molar-refractivity contribution is -0.143. The lowest BCUT2D eigenvalue weighted by atomic mass is 10.4. The molecule has 5 heteroatoms. The minimum absolute atomic E-state index is 0.0179. The number of hydrogen-bond donors (Lipinski definition) is 1. The van der Waals surface area contributed by atoms with E-state index in [4.69, 9.17) is 4.74 Å². The van der Waals surface area contributed by atoms with E-state index in [1.807, 2.05) is 6.92 Å². The Bertz CT molecular complexity index is 182. The van der Waals surface area contributed by atoms with Crippen LogP contribution in [0.25, 0.3) is 0 Å². The summed E-state index contributed by atoms with van der Waals surface area (Å²) in [5.74, 6) is -0.514. The van der Waals surface area contributed by atoms with Gasteiger partial charge in [0.25, 0.3) is 0 Å². The SMILES string of the molecule is CCCOC(=O)CCNC(=O)COC. The van der Waals surface area contributed by atoms with Gasteiger partial charge >= 0.3 is 5.97 Å². The molecule has 82 valence electrons. The molecule has 0 aromatic heterocycles. The normalized spacial score (nSPS) is 9.57. The van der Waals surface area contributed by atoms with Crippen LogP contribution in [-0.2, 0) is 19.1 Å². The quantitative estimate of drug-likeness (QED) is 0.596. The molecule has 1 N–H and O–H groups in total. The molecule has 0 saturated heterocycles. The fourth-order valence-corrected chi connectivity index (χ4v) is 0.774. The lowest BCUT2D eigenvalue weighted by Gasteiger charge is -2.04. The number of rotatable bonds is 7. The summed E-state index contributed by atoms with van der Waals surface area (Å²) in [6.07, 6.45) is 1.01. The van der Waals surface area contributed by atoms with Crippen molar-refractivity contribution in [1.29, 1.82) is 0 Å². The third kappa shape index (κ3) is 7.54. The smallest absolute Gasteiger partial charge is 0.307 e. The van der Waals surface area contributed by atoms with Gasteiger partial charge in [0.2, 0.25) is 5.91 Å². The van der Waals surface area contributed by atoms with Gasteiger partial charge in [-0.25, -0.2) is 0 Å². The van der Waals surface area contributed by atoms with Crippen LogP contribution in [0.15, 0.2) is 0 Å². The zero-order valence-corrected chi connectivity index (χ0v) is 8.67. The van der Waals surface area contributed by atoms with Crippen LogP contribution in [0.4, 0.5) is 0 Å². The van der Waals surface area contributed by atoms with Gasteiger partial charge in [0.05, 0.1) is 13.0 Å². The van der Waals surface area contributed by atoms with Gasteiger partial charge in [-0.05, 0) is 6.42 Å². The van der Waals surface area contributed by atoms with Crippen molar-refractivity contribution in [3.63, 3.8) is 0 Å². The largest absolute Gasteiger partial charge is 0.466 e. The van der Waals surface area contributed by atoms with E-state index < -0.39 is 0 Å². The Morgan fingerprint density at radius 3 is 2.64 bits per heavy atom. The Kier molecular flexibility index (Phi) is 7.83. The summed E-state index contributed by atoms with van der Waals surface area (Å²) in [7, 11) is 1.44. The highest BCUT2D eigenvalue weighted by Crippen LogP contribution is 1.87. The number of hydrogen-bond acceptors (Lipinski definition) is 4. The molecule has 0 unspecified atom stereocenters. The fraction of sp³-hybridized carbons (Fsp3) is 0.778. The van der Waals surface area contributed by atoms with Crippen LogP contribution in [-0.4, -0.2) is 38.7 Å². The number of esters is 1. The van der Waals surface area contributed by atoms with Crippen LogP contribution in [0.5, 0.6) is 0 Å². The van der Waals surface area contributed by atoms with Crippen LogP contribution < -0.4 is 5.32 Å². The predicted octanol–water partition coefficient (Wildman–Crippen LogP) is 0.0923. The van der Waals surface area contributed by atoms with Crippen molar-refractivity contribution >= 4 is 11.9 Å². The van der Waals surface area contributed by atoms with Crippen molar-refractivity contribution < 1.29 is 19.1 Å². The maximum atomic E-state index is 10.9. The van der Waals surface area contributed by atoms with E-state index in [0.717, 1.165) is 6.42 Å². The Balaban J connectivity index is 3.34. The summed E-state index contributed by atoms with van der Waals surface area (Å²) < 4.78 is 9.41. The van der Waals surface area contributed by atoms with E-state index in [-0.39, 0.29) is 24.9 Å². The number of ether oxygens (including phenoxy) is 2. The molecule has 14 heavy (non-hydrogen) atoms. The molecule has 1 amide bonds. The highest BCUT2D eigenvalue weighted by Gasteiger charge is 2.03. The first-order valence-electron chi connectivity index (χ1n) is 4.62. The van der Waals surface area contributed by atoms with E-state index >= 15 is 0 Å². The molecule has 0 aromatic carbocycles. The highest BCUT2D eigenvalue weighted by atomic mass is 16.5. The second kappa shape index (κ2) is 8.50. The first-order chi connectivity index (χ1) is 6.70. The van der Waals surface area contributed by atoms with Crippen LogP contribution in [0, 0.1) is 0 Å². The zero-order chi connectivity index (χ0) is 10.8. The molecule has 0 aromatic rings. The molecular weight excluding hydrogens is 186 g/mol. The van der Waals surface area contributed by atoms with E-state index in [1.165, 1.54) is 7.11 Å². The lowest BCUT2D eigenvalue weighted by Crippen LogP contribution is -2.29. The molecule has 0 aliphatic carbocycles. The Hall–Kier alpha value is -1.10. The summed E-state index contributed by atoms with van der Waals surface area (Å²) in [4.78, 5) is 21.8. The molecule has 0 saturated carbocycles. The molecule has 0 aliphatic heterocycles. The van der Waals surface area contributed by atoms with Crippen LogP contribution in [0.3, 0.4) is 0 Å². The summed E-state index contributed by atoms with van der Waals surface area (Å²) in [5, 5.41) is 2.53. The van der Waals surface area contributed by atoms with Crippen molar-refractivity contribution in [1.82, 2.24) is 5.32 Å². The average molecular weight is 203 g/mol. The molecule has 0 rings (SSSR count). The molecule has 0 bridgehead atoms. The number of methoxy groups -OCH3 is 1. The third-order valence-electron chi connectivity index (χ3n) is 1.39. The van der Waals surface area contributed by atoms with Crippen LogP contribution in [0.1, 0.15) is 19.8 Å². The third-order valence-corrected chi connectivity index (χ3v) is 1.39. The molecule has 0 radical (unpaired) electrons. The van der Waals surface area contributed by atoms with Gasteiger partial charge in [-0.2, -0.15) is 0 Å². The predicted molar refractivity (Wildman–Crippen MR) is 50.8 cm³/mol. The van der Waals surface area contributed by atoms with E-state index in [2.05, 4.69) is 10.1 Å². The van der Waals surface area contributed by atoms with Crippen molar-refractivity contribution in [3.05, 3.63) is 0 Å². The van der Waals surface area contributed by atoms with E-state index in [1.54, 1.807) is 0 Å². The maximum absolute atomic E-state index is 10.9. The van der Waals surface area contributed by atoms with Gasteiger partial charge < -0.3 is 14.8 Å². The zero-order valence-electron chi connectivity index (χ0n) is 8.67. The maximum Gasteiger partial charge on any atom is 0.307 e. The van der Waals surface area contributed by atoms with Gasteiger partial charge in [0, 0.05) is 13.7 Å². The second-order valence-electron chi connectivity index (χ2n) is 2.75. The monoisotopic (exact) mass is 203 g/mol. The van der Waals surface area contributed by atoms with Crippen LogP contribution in [0.2, 0.25) is 0 Å². The number of amides is 1. The Morgan fingerprint density at radius 2 is 2.07 bits per heavy atom. The number of carbonyl (C=O) groups is 2. The first kappa shape index (κ1) is 12.9. The summed E-state index contributed by atoms with van der Waals surface area (Å²) in [6, 6.07) is 0. The van der Waals surface area contributed by atoms with Crippen LogP contribution >= 0.6 is 0 Å². The van der Waals surface area contributed by atoms with Crippen molar-refractivity contribution in [3.8, 4) is 0 Å². The second-order valence-corrected chi connectivity index (χ2v) is 2.75. The number of carbonyl (C=O) groups excluding carboxylic acids is 2. The van der Waals surface area contributed by atoms with Gasteiger partial charge in [-0.15, -0.1) is 0 Å². The van der Waals surface area contributed by atoms with Gasteiger partial charge in [-0.3, -0.25) is 9.59 Å². The number of nitrogens with one attached hydrogen (secondary N) is 1. The van der Waals surface area contributed by atoms with E-state index in [0.29, 0.717) is 13.2 Å². The molecule has 0 fully saturated rings. The molecule has 0 heterocycles. The van der Waals surface area contributed by atoms with Crippen molar-refractivity contribution in [2.75, 3.05) is 26.9 Å². The minimum atomic E-state index is -0.287. The molecule has 0 spiro atoms. The van der Waals surface area contributed by atoms with E-state index in [9.17, 15) is 9.59 Å². The Morgan fingerprint density at radius 1 is 1.36 bits per heavy atom. The fourth-order valence-electron chi connectivity index (χ4n) is 0.774. The summed E-state index contributed by atoms with van der Waals surface area (Å²) >= 11 is 0. The van der Waals surface area contributed by atoms with Crippen molar-refractivity contribution in [2.24, 2.45) is 0 Å². The van der Waals surface area contributed by atoms with Gasteiger partial charge in [-0.1, -0.05) is 6.92 Å². The minimum Gasteiger partial charge on any atom is -0.466 e. The Labute approximate surface area is 83.8 Å². The molecule has 5 nitrogen and oxygen atoms in total. The standard InChI is InChI=1S/C9H17NO4/c1-3-6-14-9(12)4-5-10-8(11)7-13-2/h3-7H2,1-2H3,(H,10,11). The molecule has 0 aliphatic rings. The first-order valence-corrected chi connectivity index (χ1v) is 4.62. The molecule has 0 atom stereocenters. The van der Waals surface area contributed by atoms with Crippen molar-refractivity contribution in [2.45, 2.75) is 19.8 Å². The summed E-state index contributed by atoms with van der Waals surface area (Å²) in [5.41, 5.74) is 0. The van der Waals surface area contributed by atoms with Gasteiger partial charge in [0.15, 0.2) is 0 Å². The molecular formula is C9H17NO4. The van der Waals surface area contributed by atoms with Gasteiger partial charge in [0.1, 0.15) is 6.61 Å². The highest BCUT2D eigenvalue weighted by molar-refractivity contribution is 5.78.